The van der Waals surface area contributed by atoms with Crippen LogP contribution >= 0.6 is 15.9 Å². The SMILES string of the molecule is CCOC(=O)CNc1c(-c2ccccc2F)nc2ccc(Br)cn12. The molecule has 0 saturated carbocycles. The Kier molecular flexibility index (Phi) is 4.80. The molecule has 0 aliphatic carbocycles. The van der Waals surface area contributed by atoms with Gasteiger partial charge in [-0.2, -0.15) is 0 Å². The van der Waals surface area contributed by atoms with Crippen LogP contribution in [0.5, 0.6) is 0 Å². The van der Waals surface area contributed by atoms with E-state index in [9.17, 15) is 9.18 Å². The van der Waals surface area contributed by atoms with E-state index in [2.05, 4.69) is 26.2 Å². The second kappa shape index (κ2) is 7.00. The summed E-state index contributed by atoms with van der Waals surface area (Å²) >= 11 is 3.41. The Morgan fingerprint density at radius 2 is 2.12 bits per heavy atom. The standard InChI is InChI=1S/C17H15BrFN3O2/c1-2-24-15(23)9-20-17-16(12-5-3-4-6-13(12)19)21-14-8-7-11(18)10-22(14)17/h3-8,10,20H,2,9H2,1H3. The summed E-state index contributed by atoms with van der Waals surface area (Å²) in [5.74, 6) is -0.231. The molecule has 1 N–H and O–H groups in total. The van der Waals surface area contributed by atoms with Crippen molar-refractivity contribution >= 4 is 33.4 Å². The smallest absolute Gasteiger partial charge is 0.325 e. The quantitative estimate of drug-likeness (QED) is 0.670. The molecule has 0 bridgehead atoms. The van der Waals surface area contributed by atoms with Gasteiger partial charge in [0.15, 0.2) is 0 Å². The monoisotopic (exact) mass is 391 g/mol. The Labute approximate surface area is 146 Å². The largest absolute Gasteiger partial charge is 0.465 e. The van der Waals surface area contributed by atoms with Crippen LogP contribution in [0.3, 0.4) is 0 Å². The fraction of sp³-hybridized carbons (Fsp3) is 0.176. The molecule has 0 atom stereocenters. The molecule has 0 amide bonds. The van der Waals surface area contributed by atoms with Gasteiger partial charge >= 0.3 is 5.97 Å². The van der Waals surface area contributed by atoms with Crippen LogP contribution < -0.4 is 5.32 Å². The molecule has 0 aliphatic heterocycles. The third-order valence-corrected chi connectivity index (χ3v) is 3.89. The minimum Gasteiger partial charge on any atom is -0.465 e. The highest BCUT2D eigenvalue weighted by Crippen LogP contribution is 2.31. The van der Waals surface area contributed by atoms with Gasteiger partial charge in [0.1, 0.15) is 29.5 Å². The Balaban J connectivity index is 2.09. The average Bonchev–Trinajstić information content (AvgIpc) is 2.91. The Morgan fingerprint density at radius 1 is 1.33 bits per heavy atom. The van der Waals surface area contributed by atoms with Gasteiger partial charge in [-0.25, -0.2) is 9.37 Å². The summed E-state index contributed by atoms with van der Waals surface area (Å²) in [7, 11) is 0. The number of hydrogen-bond acceptors (Lipinski definition) is 4. The van der Waals surface area contributed by atoms with E-state index >= 15 is 0 Å². The van der Waals surface area contributed by atoms with Gasteiger partial charge in [0.25, 0.3) is 0 Å². The van der Waals surface area contributed by atoms with Gasteiger partial charge in [-0.1, -0.05) is 12.1 Å². The molecule has 5 nitrogen and oxygen atoms in total. The number of fused-ring (bicyclic) bond motifs is 1. The number of ether oxygens (including phenoxy) is 1. The van der Waals surface area contributed by atoms with Crippen LogP contribution in [0.25, 0.3) is 16.9 Å². The highest BCUT2D eigenvalue weighted by atomic mass is 79.9. The molecule has 2 aromatic heterocycles. The number of nitrogens with one attached hydrogen (secondary N) is 1. The van der Waals surface area contributed by atoms with Crippen LogP contribution in [-0.2, 0) is 9.53 Å². The van der Waals surface area contributed by atoms with Crippen LogP contribution in [0.2, 0.25) is 0 Å². The molecule has 1 aromatic carbocycles. The highest BCUT2D eigenvalue weighted by Gasteiger charge is 2.18. The van der Waals surface area contributed by atoms with Crippen LogP contribution in [0, 0.1) is 5.82 Å². The zero-order valence-corrected chi connectivity index (χ0v) is 14.5. The molecule has 0 unspecified atom stereocenters. The lowest BCUT2D eigenvalue weighted by atomic mass is 10.1. The van der Waals surface area contributed by atoms with Crippen molar-refractivity contribution in [3.05, 3.63) is 52.9 Å². The number of carbonyl (C=O) groups excluding carboxylic acids is 1. The lowest BCUT2D eigenvalue weighted by Crippen LogP contribution is -2.18. The zero-order chi connectivity index (χ0) is 17.1. The van der Waals surface area contributed by atoms with Crippen LogP contribution in [-0.4, -0.2) is 28.5 Å². The van der Waals surface area contributed by atoms with Gasteiger partial charge in [0.2, 0.25) is 0 Å². The van der Waals surface area contributed by atoms with E-state index in [0.717, 1.165) is 4.47 Å². The first kappa shape index (κ1) is 16.4. The van der Waals surface area contributed by atoms with Crippen molar-refractivity contribution < 1.29 is 13.9 Å². The number of anilines is 1. The summed E-state index contributed by atoms with van der Waals surface area (Å²) in [5.41, 5.74) is 1.45. The topological polar surface area (TPSA) is 55.6 Å². The van der Waals surface area contributed by atoms with Gasteiger partial charge in [-0.3, -0.25) is 9.20 Å². The van der Waals surface area contributed by atoms with Crippen LogP contribution in [0.4, 0.5) is 10.2 Å². The third kappa shape index (κ3) is 3.26. The molecule has 124 valence electrons. The molecule has 7 heteroatoms. The molecular formula is C17H15BrFN3O2. The van der Waals surface area contributed by atoms with Crippen LogP contribution in [0.15, 0.2) is 47.1 Å². The predicted octanol–water partition coefficient (Wildman–Crippen LogP) is 3.88. The molecular weight excluding hydrogens is 377 g/mol. The van der Waals surface area contributed by atoms with Gasteiger partial charge in [0.05, 0.1) is 6.61 Å². The van der Waals surface area contributed by atoms with Gasteiger partial charge < -0.3 is 10.1 Å². The Morgan fingerprint density at radius 3 is 2.88 bits per heavy atom. The molecule has 24 heavy (non-hydrogen) atoms. The minimum absolute atomic E-state index is 0.0321. The first-order valence-corrected chi connectivity index (χ1v) is 8.21. The van der Waals surface area contributed by atoms with Crippen molar-refractivity contribution in [3.63, 3.8) is 0 Å². The minimum atomic E-state index is -0.387. The molecule has 0 fully saturated rings. The van der Waals surface area contributed by atoms with E-state index in [-0.39, 0.29) is 18.3 Å². The molecule has 2 heterocycles. The number of pyridine rings is 1. The summed E-state index contributed by atoms with van der Waals surface area (Å²) < 4.78 is 21.7. The van der Waals surface area contributed by atoms with Gasteiger partial charge in [0, 0.05) is 16.2 Å². The van der Waals surface area contributed by atoms with E-state index in [1.807, 2.05) is 12.1 Å². The lowest BCUT2D eigenvalue weighted by molar-refractivity contribution is -0.140. The number of nitrogens with zero attached hydrogens (tertiary/aromatic N) is 2. The number of imidazole rings is 1. The zero-order valence-electron chi connectivity index (χ0n) is 12.9. The van der Waals surface area contributed by atoms with E-state index < -0.39 is 0 Å². The van der Waals surface area contributed by atoms with Crippen LogP contribution in [0.1, 0.15) is 6.92 Å². The number of esters is 1. The molecule has 0 aliphatic rings. The number of benzene rings is 1. The number of aromatic nitrogens is 2. The van der Waals surface area contributed by atoms with E-state index in [1.165, 1.54) is 6.07 Å². The molecule has 0 radical (unpaired) electrons. The maximum Gasteiger partial charge on any atom is 0.325 e. The maximum absolute atomic E-state index is 14.2. The van der Waals surface area contributed by atoms with E-state index in [1.54, 1.807) is 35.7 Å². The van der Waals surface area contributed by atoms with Crippen molar-refractivity contribution in [3.8, 4) is 11.3 Å². The summed E-state index contributed by atoms with van der Waals surface area (Å²) in [4.78, 5) is 16.2. The maximum atomic E-state index is 14.2. The van der Waals surface area contributed by atoms with Gasteiger partial charge in [-0.15, -0.1) is 0 Å². The van der Waals surface area contributed by atoms with Crippen molar-refractivity contribution in [2.24, 2.45) is 0 Å². The second-order valence-electron chi connectivity index (χ2n) is 5.02. The van der Waals surface area contributed by atoms with Crippen molar-refractivity contribution in [2.45, 2.75) is 6.92 Å². The average molecular weight is 392 g/mol. The number of hydrogen-bond donors (Lipinski definition) is 1. The molecule has 3 rings (SSSR count). The van der Waals surface area contributed by atoms with E-state index in [0.29, 0.717) is 29.3 Å². The normalized spacial score (nSPS) is 10.8. The van der Waals surface area contributed by atoms with Crippen molar-refractivity contribution in [1.29, 1.82) is 0 Å². The summed E-state index contributed by atoms with van der Waals surface area (Å²) in [6, 6.07) is 10.1. The summed E-state index contributed by atoms with van der Waals surface area (Å²) in [5, 5.41) is 3.01. The second-order valence-corrected chi connectivity index (χ2v) is 5.94. The first-order chi connectivity index (χ1) is 11.6. The number of carbonyl (C=O) groups is 1. The van der Waals surface area contributed by atoms with E-state index in [4.69, 9.17) is 4.74 Å². The summed E-state index contributed by atoms with van der Waals surface area (Å²) in [6.45, 7) is 2.02. The van der Waals surface area contributed by atoms with Crippen molar-refractivity contribution in [2.75, 3.05) is 18.5 Å². The lowest BCUT2D eigenvalue weighted by Gasteiger charge is -2.09. The molecule has 3 aromatic rings. The Bertz CT molecular complexity index is 895. The number of halogens is 2. The third-order valence-electron chi connectivity index (χ3n) is 3.42. The molecule has 0 spiro atoms. The van der Waals surface area contributed by atoms with Crippen molar-refractivity contribution in [1.82, 2.24) is 9.38 Å². The van der Waals surface area contributed by atoms with Gasteiger partial charge in [-0.05, 0) is 47.1 Å². The fourth-order valence-corrected chi connectivity index (χ4v) is 2.73. The first-order valence-electron chi connectivity index (χ1n) is 7.42. The molecule has 0 saturated heterocycles. The summed E-state index contributed by atoms with van der Waals surface area (Å²) in [6.07, 6.45) is 1.81. The number of rotatable bonds is 5. The Hall–Kier alpha value is -2.41. The fourth-order valence-electron chi connectivity index (χ4n) is 2.40. The predicted molar refractivity (Wildman–Crippen MR) is 93.4 cm³/mol. The highest BCUT2D eigenvalue weighted by molar-refractivity contribution is 9.10.